The Balaban J connectivity index is 1.05. The topological polar surface area (TPSA) is 16.4 Å². The molecule has 2 heteroatoms. The summed E-state index contributed by atoms with van der Waals surface area (Å²) < 4.78 is 6.76. The van der Waals surface area contributed by atoms with E-state index in [9.17, 15) is 0 Å². The number of anilines is 3. The van der Waals surface area contributed by atoms with Crippen LogP contribution in [0.1, 0.15) is 18.4 Å². The Hall–Kier alpha value is -7.16. The molecule has 11 rings (SSSR count). The van der Waals surface area contributed by atoms with Gasteiger partial charge >= 0.3 is 0 Å². The number of rotatable bonds is 6. The number of benzene rings is 9. The molecule has 1 heterocycles. The number of hydrogen-bond donors (Lipinski definition) is 0. The molecule has 0 saturated carbocycles. The molecular formula is C54H37NO. The van der Waals surface area contributed by atoms with Crippen molar-refractivity contribution in [2.75, 3.05) is 4.90 Å². The summed E-state index contributed by atoms with van der Waals surface area (Å²) in [7, 11) is 0. The zero-order chi connectivity index (χ0) is 37.0. The van der Waals surface area contributed by atoms with Crippen molar-refractivity contribution >= 4 is 76.9 Å². The van der Waals surface area contributed by atoms with Gasteiger partial charge in [-0.3, -0.25) is 0 Å². The van der Waals surface area contributed by atoms with Crippen molar-refractivity contribution in [1.29, 1.82) is 0 Å². The second kappa shape index (κ2) is 13.3. The Labute approximate surface area is 325 Å². The smallest absolute Gasteiger partial charge is 0.143 e. The van der Waals surface area contributed by atoms with Crippen LogP contribution in [0.2, 0.25) is 0 Å². The summed E-state index contributed by atoms with van der Waals surface area (Å²) in [5.74, 6) is 0. The van der Waals surface area contributed by atoms with Crippen LogP contribution in [0.15, 0.2) is 205 Å². The first-order valence-corrected chi connectivity index (χ1v) is 19.5. The van der Waals surface area contributed by atoms with E-state index in [0.717, 1.165) is 63.0 Å². The molecule has 0 aliphatic heterocycles. The van der Waals surface area contributed by atoms with Crippen molar-refractivity contribution < 1.29 is 4.42 Å². The zero-order valence-electron chi connectivity index (χ0n) is 30.8. The number of furan rings is 1. The summed E-state index contributed by atoms with van der Waals surface area (Å²) in [6.07, 6.45) is 9.04. The van der Waals surface area contributed by atoms with Gasteiger partial charge in [-0.1, -0.05) is 152 Å². The fourth-order valence-electron chi connectivity index (χ4n) is 8.65. The van der Waals surface area contributed by atoms with Gasteiger partial charge in [0.1, 0.15) is 11.2 Å². The summed E-state index contributed by atoms with van der Waals surface area (Å²) in [6, 6.07) is 66.1. The maximum Gasteiger partial charge on any atom is 0.143 e. The minimum absolute atomic E-state index is 0.899. The predicted octanol–water partition coefficient (Wildman–Crippen LogP) is 15.6. The van der Waals surface area contributed by atoms with Crippen LogP contribution in [0.4, 0.5) is 17.1 Å². The summed E-state index contributed by atoms with van der Waals surface area (Å²) >= 11 is 0. The van der Waals surface area contributed by atoms with Gasteiger partial charge in [-0.2, -0.15) is 0 Å². The molecule has 1 aliphatic rings. The van der Waals surface area contributed by atoms with Crippen LogP contribution in [0.25, 0.3) is 82.1 Å². The number of fused-ring (bicyclic) bond motifs is 7. The summed E-state index contributed by atoms with van der Waals surface area (Å²) in [5, 5.41) is 9.72. The molecular weight excluding hydrogens is 679 g/mol. The van der Waals surface area contributed by atoms with Crippen LogP contribution < -0.4 is 4.90 Å². The third kappa shape index (κ3) is 5.49. The largest absolute Gasteiger partial charge is 0.455 e. The number of allylic oxidation sites excluding steroid dienone is 4. The highest BCUT2D eigenvalue weighted by Gasteiger charge is 2.21. The van der Waals surface area contributed by atoms with Gasteiger partial charge in [-0.25, -0.2) is 0 Å². The summed E-state index contributed by atoms with van der Waals surface area (Å²) in [5.41, 5.74) is 12.1. The van der Waals surface area contributed by atoms with E-state index in [-0.39, 0.29) is 0 Å². The highest BCUT2D eigenvalue weighted by Crippen LogP contribution is 2.45. The van der Waals surface area contributed by atoms with Crippen molar-refractivity contribution in [3.8, 4) is 22.3 Å². The van der Waals surface area contributed by atoms with E-state index in [1.54, 1.807) is 0 Å². The Morgan fingerprint density at radius 1 is 0.411 bits per heavy atom. The van der Waals surface area contributed by atoms with Crippen LogP contribution in [0, 0.1) is 0 Å². The lowest BCUT2D eigenvalue weighted by atomic mass is 9.96. The number of nitrogens with zero attached hydrogens (tertiary/aromatic N) is 1. The lowest BCUT2D eigenvalue weighted by Gasteiger charge is -2.28. The summed E-state index contributed by atoms with van der Waals surface area (Å²) in [6.45, 7) is 0. The molecule has 56 heavy (non-hydrogen) atoms. The van der Waals surface area contributed by atoms with E-state index >= 15 is 0 Å². The average molecular weight is 716 g/mol. The third-order valence-corrected chi connectivity index (χ3v) is 11.5. The molecule has 2 nitrogen and oxygen atoms in total. The van der Waals surface area contributed by atoms with E-state index in [0.29, 0.717) is 0 Å². The third-order valence-electron chi connectivity index (χ3n) is 11.5. The summed E-state index contributed by atoms with van der Waals surface area (Å²) in [4.78, 5) is 2.39. The van der Waals surface area contributed by atoms with Gasteiger partial charge in [-0.05, 0) is 116 Å². The maximum absolute atomic E-state index is 6.76. The zero-order valence-corrected chi connectivity index (χ0v) is 30.8. The van der Waals surface area contributed by atoms with E-state index in [1.807, 2.05) is 0 Å². The van der Waals surface area contributed by atoms with Crippen LogP contribution in [-0.4, -0.2) is 0 Å². The molecule has 10 aromatic rings. The van der Waals surface area contributed by atoms with Crippen molar-refractivity contribution in [3.63, 3.8) is 0 Å². The normalized spacial score (nSPS) is 12.9. The Bertz CT molecular complexity index is 3180. The lowest BCUT2D eigenvalue weighted by Crippen LogP contribution is -2.11. The first kappa shape index (κ1) is 32.3. The standard InChI is InChI=1S/C54H37NO/c1-2-11-36(12-3-1)37-23-28-44(29-24-37)55(45-30-25-38(26-31-45)42-27-32-47-43(33-42)22-21-39-13-6-7-16-46(39)47)52-20-9-8-17-48(52)49-18-10-19-50-51-34-40-14-4-5-15-41(40)35-53(51)56-54(49)50/h2,4-35H,1,3H2. The Kier molecular flexibility index (Phi) is 7.67. The van der Waals surface area contributed by atoms with E-state index in [1.165, 1.54) is 54.6 Å². The van der Waals surface area contributed by atoms with Crippen LogP contribution in [-0.2, 0) is 0 Å². The molecule has 0 fully saturated rings. The molecule has 0 unspecified atom stereocenters. The highest BCUT2D eigenvalue weighted by atomic mass is 16.3. The number of hydrogen-bond acceptors (Lipinski definition) is 2. The molecule has 0 spiro atoms. The second-order valence-corrected chi connectivity index (χ2v) is 14.8. The van der Waals surface area contributed by atoms with Gasteiger partial charge in [0.2, 0.25) is 0 Å². The molecule has 0 saturated heterocycles. The molecule has 0 radical (unpaired) electrons. The van der Waals surface area contributed by atoms with Crippen molar-refractivity contribution in [2.45, 2.75) is 12.8 Å². The first-order chi connectivity index (χ1) is 27.7. The van der Waals surface area contributed by atoms with Gasteiger partial charge in [0.15, 0.2) is 0 Å². The molecule has 0 N–H and O–H groups in total. The van der Waals surface area contributed by atoms with Gasteiger partial charge < -0.3 is 9.32 Å². The predicted molar refractivity (Wildman–Crippen MR) is 238 cm³/mol. The molecule has 1 aromatic heterocycles. The van der Waals surface area contributed by atoms with Crippen LogP contribution in [0.5, 0.6) is 0 Å². The molecule has 0 bridgehead atoms. The second-order valence-electron chi connectivity index (χ2n) is 14.8. The van der Waals surface area contributed by atoms with Gasteiger partial charge in [-0.15, -0.1) is 0 Å². The van der Waals surface area contributed by atoms with Crippen molar-refractivity contribution in [2.24, 2.45) is 0 Å². The maximum atomic E-state index is 6.76. The number of para-hydroxylation sites is 2. The monoisotopic (exact) mass is 715 g/mol. The fraction of sp³-hybridized carbons (Fsp3) is 0.0370. The van der Waals surface area contributed by atoms with Gasteiger partial charge in [0.05, 0.1) is 5.69 Å². The minimum Gasteiger partial charge on any atom is -0.455 e. The van der Waals surface area contributed by atoms with E-state index in [2.05, 4.69) is 205 Å². The molecule has 0 amide bonds. The average Bonchev–Trinajstić information content (AvgIpc) is 3.64. The first-order valence-electron chi connectivity index (χ1n) is 19.5. The van der Waals surface area contributed by atoms with E-state index in [4.69, 9.17) is 4.42 Å². The van der Waals surface area contributed by atoms with Gasteiger partial charge in [0.25, 0.3) is 0 Å². The Morgan fingerprint density at radius 2 is 1.05 bits per heavy atom. The minimum atomic E-state index is 0.899. The van der Waals surface area contributed by atoms with Crippen LogP contribution in [0.3, 0.4) is 0 Å². The van der Waals surface area contributed by atoms with E-state index < -0.39 is 0 Å². The fourth-order valence-corrected chi connectivity index (χ4v) is 8.65. The van der Waals surface area contributed by atoms with Crippen molar-refractivity contribution in [3.05, 3.63) is 206 Å². The Morgan fingerprint density at radius 3 is 1.86 bits per heavy atom. The highest BCUT2D eigenvalue weighted by molar-refractivity contribution is 6.14. The molecule has 0 atom stereocenters. The SMILES string of the molecule is C1=CC(c2ccc(N(c3ccc(-c4ccc5c(ccc6ccccc65)c4)cc3)c3ccccc3-c3cccc4c3oc3cc5ccccc5cc34)cc2)=CCC1. The molecule has 1 aliphatic carbocycles. The van der Waals surface area contributed by atoms with Crippen molar-refractivity contribution in [1.82, 2.24) is 0 Å². The molecule has 264 valence electrons. The quantitative estimate of drug-likeness (QED) is 0.159. The van der Waals surface area contributed by atoms with Crippen LogP contribution >= 0.6 is 0 Å². The lowest BCUT2D eigenvalue weighted by molar-refractivity contribution is 0.670. The molecule has 9 aromatic carbocycles. The van der Waals surface area contributed by atoms with Gasteiger partial charge in [0, 0.05) is 33.3 Å².